The van der Waals surface area contributed by atoms with E-state index in [0.717, 1.165) is 11.1 Å². The number of benzene rings is 2. The molecule has 3 nitrogen and oxygen atoms in total. The van der Waals surface area contributed by atoms with Gasteiger partial charge in [0.15, 0.2) is 0 Å². The number of cyclic esters (lactones) is 1. The van der Waals surface area contributed by atoms with Gasteiger partial charge in [0.2, 0.25) is 5.90 Å². The van der Waals surface area contributed by atoms with Crippen molar-refractivity contribution in [3.63, 3.8) is 0 Å². The first kappa shape index (κ1) is 12.6. The minimum atomic E-state index is -0.330. The van der Waals surface area contributed by atoms with Crippen molar-refractivity contribution in [3.8, 4) is 0 Å². The van der Waals surface area contributed by atoms with E-state index in [9.17, 15) is 4.79 Å². The third-order valence-electron chi connectivity index (χ3n) is 3.43. The molecule has 2 atom stereocenters. The summed E-state index contributed by atoms with van der Waals surface area (Å²) < 4.78 is 5.42. The predicted octanol–water partition coefficient (Wildman–Crippen LogP) is 3.16. The second-order valence-electron chi connectivity index (χ2n) is 4.85. The lowest BCUT2D eigenvalue weighted by Gasteiger charge is -2.25. The molecule has 0 saturated carbocycles. The van der Waals surface area contributed by atoms with E-state index in [1.54, 1.807) is 0 Å². The zero-order valence-corrected chi connectivity index (χ0v) is 11.2. The van der Waals surface area contributed by atoms with Crippen molar-refractivity contribution in [1.82, 2.24) is 0 Å². The topological polar surface area (TPSA) is 38.7 Å². The highest BCUT2D eigenvalue weighted by Gasteiger charge is 2.34. The van der Waals surface area contributed by atoms with Crippen molar-refractivity contribution < 1.29 is 9.53 Å². The maximum atomic E-state index is 12.3. The summed E-state index contributed by atoms with van der Waals surface area (Å²) in [7, 11) is 0. The second kappa shape index (κ2) is 5.29. The minimum Gasteiger partial charge on any atom is -0.407 e. The van der Waals surface area contributed by atoms with Crippen LogP contribution in [0.4, 0.5) is 0 Å². The van der Waals surface area contributed by atoms with Crippen LogP contribution in [0.1, 0.15) is 24.0 Å². The number of hydrogen-bond donors (Lipinski definition) is 0. The molecule has 100 valence electrons. The molecule has 0 saturated heterocycles. The molecular weight excluding hydrogens is 250 g/mol. The Morgan fingerprint density at radius 1 is 0.950 bits per heavy atom. The van der Waals surface area contributed by atoms with Crippen LogP contribution in [0.3, 0.4) is 0 Å². The Morgan fingerprint density at radius 3 is 2.15 bits per heavy atom. The van der Waals surface area contributed by atoms with E-state index >= 15 is 0 Å². The SMILES string of the molecule is C[C@H]1N=C(c2ccccc2)OC(=O)[C@@H]1c1ccccc1. The van der Waals surface area contributed by atoms with Gasteiger partial charge in [-0.1, -0.05) is 48.5 Å². The van der Waals surface area contributed by atoms with Gasteiger partial charge in [-0.2, -0.15) is 0 Å². The molecule has 2 aromatic carbocycles. The molecule has 1 heterocycles. The first-order valence-corrected chi connectivity index (χ1v) is 6.65. The number of carbonyl (C=O) groups is 1. The monoisotopic (exact) mass is 265 g/mol. The van der Waals surface area contributed by atoms with Crippen LogP contribution in [0.5, 0.6) is 0 Å². The van der Waals surface area contributed by atoms with Crippen LogP contribution in [0.25, 0.3) is 0 Å². The van der Waals surface area contributed by atoms with Gasteiger partial charge < -0.3 is 4.74 Å². The fourth-order valence-electron chi connectivity index (χ4n) is 2.43. The summed E-state index contributed by atoms with van der Waals surface area (Å²) in [5, 5.41) is 0. The van der Waals surface area contributed by atoms with Gasteiger partial charge >= 0.3 is 5.97 Å². The summed E-state index contributed by atoms with van der Waals surface area (Å²) in [5.41, 5.74) is 1.78. The predicted molar refractivity (Wildman–Crippen MR) is 77.7 cm³/mol. The molecule has 0 amide bonds. The molecule has 0 fully saturated rings. The van der Waals surface area contributed by atoms with Crippen LogP contribution < -0.4 is 0 Å². The van der Waals surface area contributed by atoms with E-state index in [1.807, 2.05) is 67.6 Å². The highest BCUT2D eigenvalue weighted by atomic mass is 16.5. The van der Waals surface area contributed by atoms with E-state index in [0.29, 0.717) is 5.90 Å². The Kier molecular flexibility index (Phi) is 3.33. The van der Waals surface area contributed by atoms with Gasteiger partial charge in [0.25, 0.3) is 0 Å². The van der Waals surface area contributed by atoms with E-state index < -0.39 is 0 Å². The molecule has 1 aliphatic heterocycles. The van der Waals surface area contributed by atoms with Gasteiger partial charge in [0, 0.05) is 5.56 Å². The number of carbonyl (C=O) groups excluding carboxylic acids is 1. The molecule has 20 heavy (non-hydrogen) atoms. The van der Waals surface area contributed by atoms with Crippen LogP contribution in [-0.2, 0) is 9.53 Å². The summed E-state index contributed by atoms with van der Waals surface area (Å²) in [6, 6.07) is 19.0. The third kappa shape index (κ3) is 2.35. The Hall–Kier alpha value is -2.42. The Labute approximate surface area is 117 Å². The highest BCUT2D eigenvalue weighted by Crippen LogP contribution is 2.28. The van der Waals surface area contributed by atoms with Crippen molar-refractivity contribution in [2.75, 3.05) is 0 Å². The molecule has 0 radical (unpaired) electrons. The summed E-state index contributed by atoms with van der Waals surface area (Å²) in [6.45, 7) is 1.95. The fourth-order valence-corrected chi connectivity index (χ4v) is 2.43. The van der Waals surface area contributed by atoms with Crippen molar-refractivity contribution >= 4 is 11.9 Å². The summed E-state index contributed by atoms with van der Waals surface area (Å²) in [6.07, 6.45) is 0. The van der Waals surface area contributed by atoms with Crippen molar-refractivity contribution in [1.29, 1.82) is 0 Å². The lowest BCUT2D eigenvalue weighted by Crippen LogP contribution is -2.33. The van der Waals surface area contributed by atoms with Gasteiger partial charge in [-0.15, -0.1) is 0 Å². The average molecular weight is 265 g/mol. The van der Waals surface area contributed by atoms with Gasteiger partial charge in [-0.25, -0.2) is 4.99 Å². The number of hydrogen-bond acceptors (Lipinski definition) is 3. The fraction of sp³-hybridized carbons (Fsp3) is 0.176. The molecule has 0 unspecified atom stereocenters. The molecule has 0 bridgehead atoms. The normalized spacial score (nSPS) is 22.1. The first-order chi connectivity index (χ1) is 9.75. The summed E-state index contributed by atoms with van der Waals surface area (Å²) >= 11 is 0. The maximum Gasteiger partial charge on any atom is 0.322 e. The van der Waals surface area contributed by atoms with Crippen LogP contribution in [0, 0.1) is 0 Å². The molecule has 3 heteroatoms. The molecule has 3 rings (SSSR count). The number of nitrogens with zero attached hydrogens (tertiary/aromatic N) is 1. The van der Waals surface area contributed by atoms with Crippen LogP contribution >= 0.6 is 0 Å². The minimum absolute atomic E-state index is 0.131. The molecule has 0 spiro atoms. The quantitative estimate of drug-likeness (QED) is 0.782. The lowest BCUT2D eigenvalue weighted by atomic mass is 9.92. The zero-order chi connectivity index (χ0) is 13.9. The van der Waals surface area contributed by atoms with Crippen LogP contribution in [-0.4, -0.2) is 17.9 Å². The molecule has 2 aromatic rings. The van der Waals surface area contributed by atoms with Crippen molar-refractivity contribution in [3.05, 3.63) is 71.8 Å². The van der Waals surface area contributed by atoms with Gasteiger partial charge in [0.05, 0.1) is 6.04 Å². The van der Waals surface area contributed by atoms with Gasteiger partial charge in [-0.05, 0) is 24.6 Å². The van der Waals surface area contributed by atoms with Crippen LogP contribution in [0.15, 0.2) is 65.7 Å². The average Bonchev–Trinajstić information content (AvgIpc) is 2.48. The Morgan fingerprint density at radius 2 is 1.55 bits per heavy atom. The Balaban J connectivity index is 1.93. The summed E-state index contributed by atoms with van der Waals surface area (Å²) in [4.78, 5) is 16.8. The standard InChI is InChI=1S/C17H15NO2/c1-12-15(13-8-4-2-5-9-13)17(19)20-16(18-12)14-10-6-3-7-11-14/h2-12,15H,1H3/t12-,15+/m1/s1. The lowest BCUT2D eigenvalue weighted by molar-refractivity contribution is -0.138. The van der Waals surface area contributed by atoms with Gasteiger partial charge in [-0.3, -0.25) is 4.79 Å². The Bertz CT molecular complexity index is 635. The molecule has 0 N–H and O–H groups in total. The van der Waals surface area contributed by atoms with E-state index in [2.05, 4.69) is 4.99 Å². The van der Waals surface area contributed by atoms with Crippen LogP contribution in [0.2, 0.25) is 0 Å². The molecule has 0 aromatic heterocycles. The molecule has 1 aliphatic rings. The zero-order valence-electron chi connectivity index (χ0n) is 11.2. The maximum absolute atomic E-state index is 12.3. The van der Waals surface area contributed by atoms with E-state index in [-0.39, 0.29) is 17.9 Å². The first-order valence-electron chi connectivity index (χ1n) is 6.65. The van der Waals surface area contributed by atoms with E-state index in [1.165, 1.54) is 0 Å². The number of esters is 1. The molecule has 0 aliphatic carbocycles. The third-order valence-corrected chi connectivity index (χ3v) is 3.43. The van der Waals surface area contributed by atoms with E-state index in [4.69, 9.17) is 4.74 Å². The van der Waals surface area contributed by atoms with Crippen molar-refractivity contribution in [2.24, 2.45) is 4.99 Å². The highest BCUT2D eigenvalue weighted by molar-refractivity contribution is 6.03. The smallest absolute Gasteiger partial charge is 0.322 e. The largest absolute Gasteiger partial charge is 0.407 e. The summed E-state index contributed by atoms with van der Waals surface area (Å²) in [5.74, 6) is -0.156. The number of aliphatic imine (C=N–C) groups is 1. The number of rotatable bonds is 2. The van der Waals surface area contributed by atoms with Gasteiger partial charge in [0.1, 0.15) is 5.92 Å². The molecular formula is C17H15NO2. The van der Waals surface area contributed by atoms with Crippen molar-refractivity contribution in [2.45, 2.75) is 18.9 Å². The second-order valence-corrected chi connectivity index (χ2v) is 4.85. The number of ether oxygens (including phenoxy) is 1.